The van der Waals surface area contributed by atoms with E-state index in [9.17, 15) is 18.0 Å². The molecule has 0 unspecified atom stereocenters. The number of halogens is 3. The van der Waals surface area contributed by atoms with Crippen LogP contribution in [-0.2, 0) is 12.6 Å². The van der Waals surface area contributed by atoms with Gasteiger partial charge in [0.2, 0.25) is 0 Å². The molecular formula is C22H20F3N3O2. The second-order valence-electron chi connectivity index (χ2n) is 6.61. The smallest absolute Gasteiger partial charge is 0.395 e. The van der Waals surface area contributed by atoms with Gasteiger partial charge in [-0.25, -0.2) is 4.98 Å². The van der Waals surface area contributed by atoms with Crippen molar-refractivity contribution in [1.29, 1.82) is 0 Å². The third kappa shape index (κ3) is 5.81. The fourth-order valence-electron chi connectivity index (χ4n) is 2.90. The Bertz CT molecular complexity index is 1020. The number of hydrogen-bond donors (Lipinski definition) is 3. The summed E-state index contributed by atoms with van der Waals surface area (Å²) in [4.78, 5) is 16.3. The highest BCUT2D eigenvalue weighted by atomic mass is 19.4. The molecule has 3 N–H and O–H groups in total. The van der Waals surface area contributed by atoms with Gasteiger partial charge >= 0.3 is 6.18 Å². The number of aliphatic hydroxyl groups excluding tert-OH is 1. The summed E-state index contributed by atoms with van der Waals surface area (Å²) in [6, 6.07) is 15.5. The molecule has 0 radical (unpaired) electrons. The van der Waals surface area contributed by atoms with E-state index in [4.69, 9.17) is 5.11 Å². The van der Waals surface area contributed by atoms with E-state index in [1.165, 1.54) is 6.07 Å². The molecule has 1 amide bonds. The topological polar surface area (TPSA) is 74.2 Å². The molecule has 8 heteroatoms. The lowest BCUT2D eigenvalue weighted by atomic mass is 10.0. The molecule has 1 heterocycles. The van der Waals surface area contributed by atoms with E-state index in [0.717, 1.165) is 17.7 Å². The lowest BCUT2D eigenvalue weighted by molar-refractivity contribution is -0.137. The molecule has 0 atom stereocenters. The number of amides is 1. The van der Waals surface area contributed by atoms with E-state index in [1.807, 2.05) is 0 Å². The number of carbonyl (C=O) groups excluding carboxylic acids is 1. The van der Waals surface area contributed by atoms with E-state index in [1.54, 1.807) is 48.7 Å². The number of nitrogens with zero attached hydrogens (tertiary/aromatic N) is 1. The van der Waals surface area contributed by atoms with Crippen molar-refractivity contribution in [1.82, 2.24) is 10.3 Å². The maximum atomic E-state index is 12.9. The molecule has 1 aromatic heterocycles. The lowest BCUT2D eigenvalue weighted by Gasteiger charge is -2.11. The summed E-state index contributed by atoms with van der Waals surface area (Å²) >= 11 is 0. The van der Waals surface area contributed by atoms with Gasteiger partial charge in [0.15, 0.2) is 0 Å². The van der Waals surface area contributed by atoms with Gasteiger partial charge in [-0.3, -0.25) is 4.79 Å². The average Bonchev–Trinajstić information content (AvgIpc) is 2.72. The highest BCUT2D eigenvalue weighted by Crippen LogP contribution is 2.30. The van der Waals surface area contributed by atoms with Crippen LogP contribution in [0.25, 0.3) is 0 Å². The van der Waals surface area contributed by atoms with Crippen LogP contribution in [0.2, 0.25) is 0 Å². The molecule has 3 rings (SSSR count). The molecule has 2 aromatic carbocycles. The van der Waals surface area contributed by atoms with Gasteiger partial charge in [-0.1, -0.05) is 24.3 Å². The van der Waals surface area contributed by atoms with E-state index in [2.05, 4.69) is 15.6 Å². The van der Waals surface area contributed by atoms with Crippen molar-refractivity contribution in [2.24, 2.45) is 0 Å². The summed E-state index contributed by atoms with van der Waals surface area (Å²) < 4.78 is 38.7. The van der Waals surface area contributed by atoms with Gasteiger partial charge in [0.25, 0.3) is 5.91 Å². The Kier molecular flexibility index (Phi) is 6.68. The Morgan fingerprint density at radius 1 is 1.00 bits per heavy atom. The molecule has 30 heavy (non-hydrogen) atoms. The molecule has 3 aromatic rings. The molecule has 0 aliphatic rings. The second-order valence-corrected chi connectivity index (χ2v) is 6.61. The third-order valence-corrected chi connectivity index (χ3v) is 4.28. The molecule has 0 spiro atoms. The highest BCUT2D eigenvalue weighted by Gasteiger charge is 2.30. The number of anilines is 2. The lowest BCUT2D eigenvalue weighted by Crippen LogP contribution is -2.26. The summed E-state index contributed by atoms with van der Waals surface area (Å²) in [5, 5.41) is 14.5. The van der Waals surface area contributed by atoms with Gasteiger partial charge in [-0.15, -0.1) is 0 Å². The van der Waals surface area contributed by atoms with Crippen LogP contribution < -0.4 is 10.6 Å². The molecule has 0 saturated heterocycles. The van der Waals surface area contributed by atoms with E-state index in [0.29, 0.717) is 29.1 Å². The van der Waals surface area contributed by atoms with Crippen molar-refractivity contribution in [3.05, 3.63) is 89.1 Å². The van der Waals surface area contributed by atoms with Crippen LogP contribution in [0.3, 0.4) is 0 Å². The average molecular weight is 415 g/mol. The summed E-state index contributed by atoms with van der Waals surface area (Å²) in [5.41, 5.74) is 1.72. The Hall–Kier alpha value is -3.39. The quantitative estimate of drug-likeness (QED) is 0.542. The summed E-state index contributed by atoms with van der Waals surface area (Å²) in [6.07, 6.45) is -2.48. The second kappa shape index (κ2) is 9.41. The Morgan fingerprint density at radius 2 is 1.77 bits per heavy atom. The highest BCUT2D eigenvalue weighted by molar-refractivity contribution is 5.95. The Labute approximate surface area is 171 Å². The number of aliphatic hydroxyl groups is 1. The van der Waals surface area contributed by atoms with E-state index < -0.39 is 11.7 Å². The SMILES string of the molecule is O=C(NCCO)c1cccc(Nc2cc(Cc3cccc(C(F)(F)F)c3)ccn2)c1. The van der Waals surface area contributed by atoms with Crippen molar-refractivity contribution in [2.75, 3.05) is 18.5 Å². The standard InChI is InChI=1S/C22H20F3N3O2/c23-22(24,25)18-5-1-3-15(12-18)11-16-7-8-26-20(13-16)28-19-6-2-4-17(14-19)21(30)27-9-10-29/h1-8,12-14,29H,9-11H2,(H,26,28)(H,27,30). The minimum absolute atomic E-state index is 0.147. The van der Waals surface area contributed by atoms with Gasteiger partial charge in [0.05, 0.1) is 12.2 Å². The molecule has 156 valence electrons. The molecular weight excluding hydrogens is 395 g/mol. The molecule has 0 aliphatic heterocycles. The summed E-state index contributed by atoms with van der Waals surface area (Å²) in [6.45, 7) is 0.0158. The van der Waals surface area contributed by atoms with Gasteiger partial charge < -0.3 is 15.7 Å². The largest absolute Gasteiger partial charge is 0.416 e. The number of aromatic nitrogens is 1. The fraction of sp³-hybridized carbons (Fsp3) is 0.182. The number of benzene rings is 2. The van der Waals surface area contributed by atoms with Crippen LogP contribution in [0, 0.1) is 0 Å². The van der Waals surface area contributed by atoms with Crippen molar-refractivity contribution >= 4 is 17.4 Å². The Morgan fingerprint density at radius 3 is 2.53 bits per heavy atom. The number of pyridine rings is 1. The monoisotopic (exact) mass is 415 g/mol. The zero-order valence-electron chi connectivity index (χ0n) is 15.9. The van der Waals surface area contributed by atoms with Gasteiger partial charge in [0.1, 0.15) is 5.82 Å². The first kappa shape index (κ1) is 21.3. The first-order valence-corrected chi connectivity index (χ1v) is 9.22. The summed E-state index contributed by atoms with van der Waals surface area (Å²) in [7, 11) is 0. The zero-order chi connectivity index (χ0) is 21.6. The molecule has 0 fully saturated rings. The van der Waals surface area contributed by atoms with Crippen LogP contribution in [-0.4, -0.2) is 29.1 Å². The zero-order valence-corrected chi connectivity index (χ0v) is 15.9. The van der Waals surface area contributed by atoms with Crippen molar-refractivity contribution in [3.63, 3.8) is 0 Å². The van der Waals surface area contributed by atoms with Crippen LogP contribution in [0.1, 0.15) is 27.0 Å². The normalized spacial score (nSPS) is 11.2. The van der Waals surface area contributed by atoms with Gasteiger partial charge in [-0.2, -0.15) is 13.2 Å². The maximum Gasteiger partial charge on any atom is 0.416 e. The van der Waals surface area contributed by atoms with Crippen molar-refractivity contribution in [2.45, 2.75) is 12.6 Å². The first-order chi connectivity index (χ1) is 14.3. The predicted octanol–water partition coefficient (Wildman–Crippen LogP) is 4.16. The van der Waals surface area contributed by atoms with Crippen LogP contribution in [0.15, 0.2) is 66.9 Å². The van der Waals surface area contributed by atoms with Crippen LogP contribution in [0.4, 0.5) is 24.7 Å². The number of nitrogens with one attached hydrogen (secondary N) is 2. The predicted molar refractivity (Wildman–Crippen MR) is 108 cm³/mol. The third-order valence-electron chi connectivity index (χ3n) is 4.28. The number of carbonyl (C=O) groups is 1. The molecule has 0 bridgehead atoms. The number of hydrogen-bond acceptors (Lipinski definition) is 4. The summed E-state index contributed by atoms with van der Waals surface area (Å²) in [5.74, 6) is 0.200. The number of rotatable bonds is 7. The van der Waals surface area contributed by atoms with Crippen LogP contribution in [0.5, 0.6) is 0 Å². The number of alkyl halides is 3. The maximum absolute atomic E-state index is 12.9. The van der Waals surface area contributed by atoms with Crippen molar-refractivity contribution in [3.8, 4) is 0 Å². The molecule has 0 saturated carbocycles. The molecule has 5 nitrogen and oxygen atoms in total. The van der Waals surface area contributed by atoms with E-state index in [-0.39, 0.29) is 19.1 Å². The minimum Gasteiger partial charge on any atom is -0.395 e. The van der Waals surface area contributed by atoms with Crippen LogP contribution >= 0.6 is 0 Å². The first-order valence-electron chi connectivity index (χ1n) is 9.22. The van der Waals surface area contributed by atoms with Gasteiger partial charge in [0, 0.05) is 24.0 Å². The minimum atomic E-state index is -4.38. The van der Waals surface area contributed by atoms with Gasteiger partial charge in [-0.05, 0) is 53.9 Å². The molecule has 0 aliphatic carbocycles. The Balaban J connectivity index is 1.73. The van der Waals surface area contributed by atoms with Crippen molar-refractivity contribution < 1.29 is 23.1 Å². The van der Waals surface area contributed by atoms with E-state index >= 15 is 0 Å². The fourth-order valence-corrected chi connectivity index (χ4v) is 2.90.